The number of rotatable bonds is 4. The van der Waals surface area contributed by atoms with Crippen LogP contribution in [0, 0.1) is 0 Å². The molecule has 3 nitrogen and oxygen atoms in total. The fourth-order valence-corrected chi connectivity index (χ4v) is 1.49. The van der Waals surface area contributed by atoms with E-state index in [1.165, 1.54) is 18.2 Å². The molecule has 0 bridgehead atoms. The summed E-state index contributed by atoms with van der Waals surface area (Å²) in [5.74, 6) is -5.19. The minimum absolute atomic E-state index is 0.0525. The molecule has 100 valence electrons. The van der Waals surface area contributed by atoms with Crippen LogP contribution in [-0.2, 0) is 0 Å². The summed E-state index contributed by atoms with van der Waals surface area (Å²) in [7, 11) is 0. The predicted molar refractivity (Wildman–Crippen MR) is 61.8 cm³/mol. The van der Waals surface area contributed by atoms with Gasteiger partial charge in [-0.2, -0.15) is 8.78 Å². The maximum Gasteiger partial charge on any atom is 0.324 e. The summed E-state index contributed by atoms with van der Waals surface area (Å²) in [6.45, 7) is -1.45. The molecule has 0 saturated carbocycles. The van der Waals surface area contributed by atoms with Crippen molar-refractivity contribution >= 4 is 27.5 Å². The van der Waals surface area contributed by atoms with Gasteiger partial charge in [-0.25, -0.2) is 8.78 Å². The molecule has 1 aromatic carbocycles. The van der Waals surface area contributed by atoms with E-state index in [9.17, 15) is 22.4 Å². The third-order valence-corrected chi connectivity index (χ3v) is 2.56. The number of nitrogen functional groups attached to an aromatic ring is 1. The van der Waals surface area contributed by atoms with E-state index in [0.717, 1.165) is 0 Å². The standard InChI is InChI=1S/C10H9BrF4N2O/c11-5-1-2-6(7(16)3-5)8(18)17-4-10(14,15)9(12)13/h1-3,9H,4,16H2,(H,17,18). The van der Waals surface area contributed by atoms with Crippen molar-refractivity contribution < 1.29 is 22.4 Å². The molecule has 0 atom stereocenters. The molecule has 18 heavy (non-hydrogen) atoms. The second-order valence-electron chi connectivity index (χ2n) is 3.48. The van der Waals surface area contributed by atoms with Crippen LogP contribution < -0.4 is 11.1 Å². The number of amides is 1. The Hall–Kier alpha value is -1.31. The number of carbonyl (C=O) groups excluding carboxylic acids is 1. The number of alkyl halides is 4. The molecule has 0 radical (unpaired) electrons. The lowest BCUT2D eigenvalue weighted by atomic mass is 10.1. The van der Waals surface area contributed by atoms with Crippen molar-refractivity contribution in [2.24, 2.45) is 0 Å². The van der Waals surface area contributed by atoms with Gasteiger partial charge in [-0.05, 0) is 18.2 Å². The van der Waals surface area contributed by atoms with Gasteiger partial charge in [-0.15, -0.1) is 0 Å². The molecular weight excluding hydrogens is 320 g/mol. The number of nitrogens with one attached hydrogen (secondary N) is 1. The lowest BCUT2D eigenvalue weighted by Crippen LogP contribution is -2.41. The zero-order chi connectivity index (χ0) is 13.9. The molecule has 0 spiro atoms. The number of hydrogen-bond donors (Lipinski definition) is 2. The van der Waals surface area contributed by atoms with Crippen LogP contribution in [0.25, 0.3) is 0 Å². The van der Waals surface area contributed by atoms with E-state index in [2.05, 4.69) is 15.9 Å². The van der Waals surface area contributed by atoms with E-state index >= 15 is 0 Å². The van der Waals surface area contributed by atoms with E-state index < -0.39 is 24.8 Å². The average Bonchev–Trinajstić information content (AvgIpc) is 2.25. The highest BCUT2D eigenvalue weighted by atomic mass is 79.9. The van der Waals surface area contributed by atoms with Gasteiger partial charge in [0.15, 0.2) is 0 Å². The summed E-state index contributed by atoms with van der Waals surface area (Å²) in [6, 6.07) is 4.19. The molecular formula is C10H9BrF4N2O. The van der Waals surface area contributed by atoms with Crippen molar-refractivity contribution in [3.63, 3.8) is 0 Å². The van der Waals surface area contributed by atoms with E-state index in [1.807, 2.05) is 0 Å². The molecule has 0 fully saturated rings. The molecule has 0 unspecified atom stereocenters. The summed E-state index contributed by atoms with van der Waals surface area (Å²) in [6.07, 6.45) is -3.83. The normalized spacial score (nSPS) is 11.7. The summed E-state index contributed by atoms with van der Waals surface area (Å²) in [5.41, 5.74) is 5.50. The lowest BCUT2D eigenvalue weighted by molar-refractivity contribution is -0.123. The Bertz CT molecular complexity index is 454. The number of nitrogens with two attached hydrogens (primary N) is 1. The number of anilines is 1. The van der Waals surface area contributed by atoms with Crippen LogP contribution in [-0.4, -0.2) is 24.8 Å². The average molecular weight is 329 g/mol. The van der Waals surface area contributed by atoms with Crippen molar-refractivity contribution in [3.8, 4) is 0 Å². The summed E-state index contributed by atoms with van der Waals surface area (Å²) >= 11 is 3.10. The van der Waals surface area contributed by atoms with Crippen LogP contribution in [0.1, 0.15) is 10.4 Å². The van der Waals surface area contributed by atoms with Crippen molar-refractivity contribution in [2.75, 3.05) is 12.3 Å². The van der Waals surface area contributed by atoms with E-state index in [4.69, 9.17) is 5.73 Å². The van der Waals surface area contributed by atoms with E-state index in [0.29, 0.717) is 4.47 Å². The maximum absolute atomic E-state index is 12.6. The lowest BCUT2D eigenvalue weighted by Gasteiger charge is -2.16. The smallest absolute Gasteiger partial charge is 0.324 e. The predicted octanol–water partition coefficient (Wildman–Crippen LogP) is 2.66. The topological polar surface area (TPSA) is 55.1 Å². The minimum Gasteiger partial charge on any atom is -0.398 e. The van der Waals surface area contributed by atoms with Crippen molar-refractivity contribution in [3.05, 3.63) is 28.2 Å². The zero-order valence-electron chi connectivity index (χ0n) is 8.89. The monoisotopic (exact) mass is 328 g/mol. The highest BCUT2D eigenvalue weighted by Gasteiger charge is 2.40. The van der Waals surface area contributed by atoms with Crippen LogP contribution in [0.4, 0.5) is 23.2 Å². The fourth-order valence-electron chi connectivity index (χ4n) is 1.11. The largest absolute Gasteiger partial charge is 0.398 e. The SMILES string of the molecule is Nc1cc(Br)ccc1C(=O)NCC(F)(F)C(F)F. The third-order valence-electron chi connectivity index (χ3n) is 2.06. The molecule has 1 rings (SSSR count). The Balaban J connectivity index is 2.72. The number of carbonyl (C=O) groups is 1. The Morgan fingerprint density at radius 2 is 2.06 bits per heavy atom. The Morgan fingerprint density at radius 3 is 2.56 bits per heavy atom. The van der Waals surface area contributed by atoms with Crippen LogP contribution in [0.3, 0.4) is 0 Å². The first-order valence-corrected chi connectivity index (χ1v) is 5.52. The van der Waals surface area contributed by atoms with Crippen LogP contribution in [0.2, 0.25) is 0 Å². The van der Waals surface area contributed by atoms with Gasteiger partial charge in [0.25, 0.3) is 5.91 Å². The van der Waals surface area contributed by atoms with Gasteiger partial charge < -0.3 is 11.1 Å². The van der Waals surface area contributed by atoms with Gasteiger partial charge in [0.05, 0.1) is 12.1 Å². The van der Waals surface area contributed by atoms with Gasteiger partial charge >= 0.3 is 12.3 Å². The molecule has 0 saturated heterocycles. The molecule has 0 aliphatic rings. The number of benzene rings is 1. The molecule has 1 aromatic rings. The molecule has 0 aliphatic carbocycles. The molecule has 8 heteroatoms. The van der Waals surface area contributed by atoms with Gasteiger partial charge in [0.1, 0.15) is 0 Å². The van der Waals surface area contributed by atoms with Crippen LogP contribution >= 0.6 is 15.9 Å². The third kappa shape index (κ3) is 3.59. The first-order valence-electron chi connectivity index (χ1n) is 4.73. The summed E-state index contributed by atoms with van der Waals surface area (Å²) < 4.78 is 49.5. The highest BCUT2D eigenvalue weighted by molar-refractivity contribution is 9.10. The Kier molecular flexibility index (Phi) is 4.55. The van der Waals surface area contributed by atoms with Crippen molar-refractivity contribution in [2.45, 2.75) is 12.3 Å². The van der Waals surface area contributed by atoms with E-state index in [1.54, 1.807) is 5.32 Å². The second kappa shape index (κ2) is 5.55. The number of halogens is 5. The van der Waals surface area contributed by atoms with Crippen LogP contribution in [0.15, 0.2) is 22.7 Å². The zero-order valence-corrected chi connectivity index (χ0v) is 10.5. The fraction of sp³-hybridized carbons (Fsp3) is 0.300. The summed E-state index contributed by atoms with van der Waals surface area (Å²) in [5, 5.41) is 1.72. The molecule has 0 aromatic heterocycles. The van der Waals surface area contributed by atoms with Crippen molar-refractivity contribution in [1.29, 1.82) is 0 Å². The Morgan fingerprint density at radius 1 is 1.44 bits per heavy atom. The van der Waals surface area contributed by atoms with Crippen LogP contribution in [0.5, 0.6) is 0 Å². The first kappa shape index (κ1) is 14.7. The van der Waals surface area contributed by atoms with E-state index in [-0.39, 0.29) is 11.3 Å². The maximum atomic E-state index is 12.6. The minimum atomic E-state index is -4.26. The Labute approximate surface area is 108 Å². The summed E-state index contributed by atoms with van der Waals surface area (Å²) in [4.78, 5) is 11.5. The number of hydrogen-bond acceptors (Lipinski definition) is 2. The first-order chi connectivity index (χ1) is 8.24. The second-order valence-corrected chi connectivity index (χ2v) is 4.39. The molecule has 3 N–H and O–H groups in total. The van der Waals surface area contributed by atoms with Gasteiger partial charge in [-0.1, -0.05) is 15.9 Å². The van der Waals surface area contributed by atoms with Crippen molar-refractivity contribution in [1.82, 2.24) is 5.32 Å². The highest BCUT2D eigenvalue weighted by Crippen LogP contribution is 2.22. The molecule has 0 aliphatic heterocycles. The quantitative estimate of drug-likeness (QED) is 0.659. The van der Waals surface area contributed by atoms with Gasteiger partial charge in [-0.3, -0.25) is 4.79 Å². The molecule has 0 heterocycles. The van der Waals surface area contributed by atoms with Gasteiger partial charge in [0, 0.05) is 10.2 Å². The van der Waals surface area contributed by atoms with Gasteiger partial charge in [0.2, 0.25) is 0 Å². The molecule has 1 amide bonds.